The van der Waals surface area contributed by atoms with Gasteiger partial charge >= 0.3 is 5.97 Å². The third kappa shape index (κ3) is 5.56. The van der Waals surface area contributed by atoms with Gasteiger partial charge in [-0.3, -0.25) is 0 Å². The summed E-state index contributed by atoms with van der Waals surface area (Å²) in [6, 6.07) is 18.3. The summed E-state index contributed by atoms with van der Waals surface area (Å²) >= 11 is 0. The molecule has 1 heterocycles. The molecular formula is C26H30N2O3. The number of ether oxygens (including phenoxy) is 2. The van der Waals surface area contributed by atoms with Gasteiger partial charge in [-0.25, -0.2) is 4.79 Å². The second kappa shape index (κ2) is 10.3. The van der Waals surface area contributed by atoms with Crippen molar-refractivity contribution < 1.29 is 14.3 Å². The molecule has 0 unspecified atom stereocenters. The molecule has 1 fully saturated rings. The Morgan fingerprint density at radius 2 is 1.58 bits per heavy atom. The Labute approximate surface area is 183 Å². The number of hydrogen-bond donors (Lipinski definition) is 1. The number of rotatable bonds is 7. The highest BCUT2D eigenvalue weighted by Gasteiger charge is 2.12. The molecule has 2 N–H and O–H groups in total. The maximum atomic E-state index is 12.6. The summed E-state index contributed by atoms with van der Waals surface area (Å²) in [7, 11) is 0. The van der Waals surface area contributed by atoms with Gasteiger partial charge in [-0.15, -0.1) is 0 Å². The second-order valence-electron chi connectivity index (χ2n) is 8.07. The molecule has 1 aliphatic rings. The van der Waals surface area contributed by atoms with Gasteiger partial charge in [0.2, 0.25) is 0 Å². The number of nitrogen functional groups attached to an aromatic ring is 1. The zero-order valence-corrected chi connectivity index (χ0v) is 17.9. The first-order valence-electron chi connectivity index (χ1n) is 11.2. The molecule has 3 aromatic carbocycles. The molecule has 5 nitrogen and oxygen atoms in total. The van der Waals surface area contributed by atoms with E-state index >= 15 is 0 Å². The molecule has 1 aliphatic heterocycles. The van der Waals surface area contributed by atoms with E-state index in [4.69, 9.17) is 15.2 Å². The average molecular weight is 419 g/mol. The van der Waals surface area contributed by atoms with Crippen LogP contribution in [0, 0.1) is 0 Å². The molecule has 0 atom stereocenters. The number of hydrogen-bond acceptors (Lipinski definition) is 5. The lowest BCUT2D eigenvalue weighted by atomic mass is 10.1. The van der Waals surface area contributed by atoms with Gasteiger partial charge in [-0.05, 0) is 68.8 Å². The monoisotopic (exact) mass is 418 g/mol. The van der Waals surface area contributed by atoms with Gasteiger partial charge < -0.3 is 20.1 Å². The Bertz CT molecular complexity index is 1010. The van der Waals surface area contributed by atoms with Crippen LogP contribution in [0.1, 0.15) is 42.5 Å². The smallest absolute Gasteiger partial charge is 0.343 e. The van der Waals surface area contributed by atoms with Crippen LogP contribution in [-0.2, 0) is 0 Å². The third-order valence-electron chi connectivity index (χ3n) is 5.80. The van der Waals surface area contributed by atoms with Crippen LogP contribution >= 0.6 is 0 Å². The number of likely N-dealkylation sites (tertiary alicyclic amines) is 1. The number of fused-ring (bicyclic) bond motifs is 1. The minimum Gasteiger partial charge on any atom is -0.494 e. The average Bonchev–Trinajstić information content (AvgIpc) is 3.08. The van der Waals surface area contributed by atoms with Crippen molar-refractivity contribution in [3.8, 4) is 11.5 Å². The van der Waals surface area contributed by atoms with E-state index in [9.17, 15) is 4.79 Å². The van der Waals surface area contributed by atoms with Crippen LogP contribution in [0.25, 0.3) is 10.8 Å². The Kier molecular flexibility index (Phi) is 7.05. The van der Waals surface area contributed by atoms with E-state index in [0.717, 1.165) is 29.5 Å². The lowest BCUT2D eigenvalue weighted by molar-refractivity contribution is 0.0737. The first-order chi connectivity index (χ1) is 15.2. The molecular weight excluding hydrogens is 388 g/mol. The van der Waals surface area contributed by atoms with E-state index in [-0.39, 0.29) is 0 Å². The van der Waals surface area contributed by atoms with Crippen molar-refractivity contribution in [2.75, 3.05) is 32.0 Å². The van der Waals surface area contributed by atoms with E-state index in [1.54, 1.807) is 24.3 Å². The predicted molar refractivity (Wildman–Crippen MR) is 125 cm³/mol. The van der Waals surface area contributed by atoms with Crippen LogP contribution in [-0.4, -0.2) is 37.1 Å². The number of nitrogens with zero attached hydrogens (tertiary/aromatic N) is 1. The molecule has 4 rings (SSSR count). The summed E-state index contributed by atoms with van der Waals surface area (Å²) in [6.45, 7) is 4.18. The summed E-state index contributed by atoms with van der Waals surface area (Å²) in [5.41, 5.74) is 7.17. The molecule has 0 amide bonds. The summed E-state index contributed by atoms with van der Waals surface area (Å²) in [5.74, 6) is 0.872. The summed E-state index contributed by atoms with van der Waals surface area (Å²) < 4.78 is 11.5. The molecule has 5 heteroatoms. The standard InChI is InChI=1S/C26H30N2O3/c27-24-14-15-25(23-9-4-3-8-22(23)24)31-26(29)20-10-12-21(13-11-20)30-19-7-18-28-16-5-1-2-6-17-28/h3-4,8-15H,1-2,5-7,16-19,27H2. The maximum absolute atomic E-state index is 12.6. The molecule has 0 aliphatic carbocycles. The van der Waals surface area contributed by atoms with E-state index in [1.165, 1.54) is 38.8 Å². The Morgan fingerprint density at radius 1 is 0.871 bits per heavy atom. The minimum absolute atomic E-state index is 0.400. The first kappa shape index (κ1) is 21.2. The summed E-state index contributed by atoms with van der Waals surface area (Å²) in [6.07, 6.45) is 6.34. The molecule has 0 aromatic heterocycles. The van der Waals surface area contributed by atoms with Crippen LogP contribution in [0.3, 0.4) is 0 Å². The lowest BCUT2D eigenvalue weighted by Gasteiger charge is -2.19. The number of carbonyl (C=O) groups excluding carboxylic acids is 1. The van der Waals surface area contributed by atoms with Gasteiger partial charge in [0.25, 0.3) is 0 Å². The number of benzene rings is 3. The van der Waals surface area contributed by atoms with E-state index < -0.39 is 5.97 Å². The van der Waals surface area contributed by atoms with Crippen molar-refractivity contribution >= 4 is 22.4 Å². The number of carbonyl (C=O) groups is 1. The van der Waals surface area contributed by atoms with Crippen molar-refractivity contribution in [1.29, 1.82) is 0 Å². The zero-order chi connectivity index (χ0) is 21.5. The summed E-state index contributed by atoms with van der Waals surface area (Å²) in [4.78, 5) is 15.2. The van der Waals surface area contributed by atoms with Crippen molar-refractivity contribution in [2.45, 2.75) is 32.1 Å². The quantitative estimate of drug-likeness (QED) is 0.245. The Morgan fingerprint density at radius 3 is 2.32 bits per heavy atom. The van der Waals surface area contributed by atoms with Gasteiger partial charge in [-0.1, -0.05) is 37.1 Å². The zero-order valence-electron chi connectivity index (χ0n) is 17.9. The highest BCUT2D eigenvalue weighted by Crippen LogP contribution is 2.30. The first-order valence-corrected chi connectivity index (χ1v) is 11.2. The fourth-order valence-electron chi connectivity index (χ4n) is 4.07. The van der Waals surface area contributed by atoms with Crippen molar-refractivity contribution in [3.05, 3.63) is 66.2 Å². The Balaban J connectivity index is 1.30. The topological polar surface area (TPSA) is 64.8 Å². The van der Waals surface area contributed by atoms with Gasteiger partial charge in [0.05, 0.1) is 12.2 Å². The molecule has 162 valence electrons. The SMILES string of the molecule is Nc1ccc(OC(=O)c2ccc(OCCCN3CCCCCC3)cc2)c2ccccc12. The molecule has 0 radical (unpaired) electrons. The fourth-order valence-corrected chi connectivity index (χ4v) is 4.07. The molecule has 1 saturated heterocycles. The van der Waals surface area contributed by atoms with E-state index in [0.29, 0.717) is 23.6 Å². The van der Waals surface area contributed by atoms with Crippen molar-refractivity contribution in [3.63, 3.8) is 0 Å². The molecule has 0 spiro atoms. The fraction of sp³-hybridized carbons (Fsp3) is 0.346. The van der Waals surface area contributed by atoms with Crippen LogP contribution in [0.4, 0.5) is 5.69 Å². The number of nitrogens with two attached hydrogens (primary N) is 1. The largest absolute Gasteiger partial charge is 0.494 e. The van der Waals surface area contributed by atoms with Gasteiger partial charge in [-0.2, -0.15) is 0 Å². The highest BCUT2D eigenvalue weighted by molar-refractivity contribution is 6.00. The summed E-state index contributed by atoms with van der Waals surface area (Å²) in [5, 5.41) is 1.69. The molecule has 31 heavy (non-hydrogen) atoms. The molecule has 3 aromatic rings. The second-order valence-corrected chi connectivity index (χ2v) is 8.07. The number of anilines is 1. The maximum Gasteiger partial charge on any atom is 0.343 e. The predicted octanol–water partition coefficient (Wildman–Crippen LogP) is 5.29. The molecule has 0 saturated carbocycles. The lowest BCUT2D eigenvalue weighted by Crippen LogP contribution is -2.26. The van der Waals surface area contributed by atoms with Crippen molar-refractivity contribution in [1.82, 2.24) is 4.90 Å². The van der Waals surface area contributed by atoms with Gasteiger partial charge in [0, 0.05) is 23.0 Å². The molecule has 0 bridgehead atoms. The Hall–Kier alpha value is -3.05. The van der Waals surface area contributed by atoms with E-state index in [2.05, 4.69) is 4.90 Å². The minimum atomic E-state index is -0.400. The van der Waals surface area contributed by atoms with Crippen LogP contribution in [0.2, 0.25) is 0 Å². The van der Waals surface area contributed by atoms with Gasteiger partial charge in [0.1, 0.15) is 11.5 Å². The van der Waals surface area contributed by atoms with E-state index in [1.807, 2.05) is 36.4 Å². The van der Waals surface area contributed by atoms with Crippen LogP contribution in [0.15, 0.2) is 60.7 Å². The van der Waals surface area contributed by atoms with Gasteiger partial charge in [0.15, 0.2) is 0 Å². The van der Waals surface area contributed by atoms with Crippen LogP contribution < -0.4 is 15.2 Å². The third-order valence-corrected chi connectivity index (χ3v) is 5.80. The van der Waals surface area contributed by atoms with Crippen LogP contribution in [0.5, 0.6) is 11.5 Å². The normalized spacial score (nSPS) is 14.8. The highest BCUT2D eigenvalue weighted by atomic mass is 16.5. The number of esters is 1. The van der Waals surface area contributed by atoms with Crippen molar-refractivity contribution in [2.24, 2.45) is 0 Å².